The Balaban J connectivity index is 2.36. The Morgan fingerprint density at radius 3 is 2.71 bits per heavy atom. The second-order valence-electron chi connectivity index (χ2n) is 4.00. The lowest BCUT2D eigenvalue weighted by atomic mass is 10.1. The highest BCUT2D eigenvalue weighted by Gasteiger charge is 2.17. The maximum atomic E-state index is 13.9. The van der Waals surface area contributed by atoms with E-state index in [0.717, 1.165) is 11.3 Å². The van der Waals surface area contributed by atoms with E-state index >= 15 is 0 Å². The predicted molar refractivity (Wildman–Crippen MR) is 72.5 cm³/mol. The highest BCUT2D eigenvalue weighted by atomic mass is 35.5. The van der Waals surface area contributed by atoms with Crippen molar-refractivity contribution in [3.63, 3.8) is 0 Å². The highest BCUT2D eigenvalue weighted by molar-refractivity contribution is 7.12. The molecule has 0 N–H and O–H groups in total. The molecule has 2 rings (SSSR count). The number of hydrogen-bond donors (Lipinski definition) is 0. The zero-order valence-corrected chi connectivity index (χ0v) is 11.4. The standard InChI is InChI=1S/C14H14ClFS/c1-3-10-7-8-12(17-10)13(15)11-6-4-5-9(2)14(11)16/h4-8,13H,3H2,1-2H3. The van der Waals surface area contributed by atoms with Crippen LogP contribution in [0.15, 0.2) is 30.3 Å². The predicted octanol–water partition coefficient (Wildman–Crippen LogP) is 5.09. The first-order valence-corrected chi connectivity index (χ1v) is 6.86. The summed E-state index contributed by atoms with van der Waals surface area (Å²) in [4.78, 5) is 2.28. The van der Waals surface area contributed by atoms with Crippen molar-refractivity contribution in [3.8, 4) is 0 Å². The van der Waals surface area contributed by atoms with Crippen LogP contribution in [0.3, 0.4) is 0 Å². The van der Waals surface area contributed by atoms with Crippen LogP contribution < -0.4 is 0 Å². The molecule has 0 saturated carbocycles. The van der Waals surface area contributed by atoms with Crippen LogP contribution in [-0.2, 0) is 6.42 Å². The van der Waals surface area contributed by atoms with Crippen LogP contribution in [0.4, 0.5) is 4.39 Å². The summed E-state index contributed by atoms with van der Waals surface area (Å²) in [5.74, 6) is -0.195. The third-order valence-electron chi connectivity index (χ3n) is 2.78. The van der Waals surface area contributed by atoms with E-state index in [2.05, 4.69) is 13.0 Å². The summed E-state index contributed by atoms with van der Waals surface area (Å²) in [6.45, 7) is 3.86. The molecule has 2 aromatic rings. The van der Waals surface area contributed by atoms with Crippen LogP contribution in [0.2, 0.25) is 0 Å². The van der Waals surface area contributed by atoms with E-state index in [4.69, 9.17) is 11.6 Å². The number of benzene rings is 1. The van der Waals surface area contributed by atoms with Gasteiger partial charge >= 0.3 is 0 Å². The van der Waals surface area contributed by atoms with Gasteiger partial charge < -0.3 is 0 Å². The van der Waals surface area contributed by atoms with Crippen molar-refractivity contribution in [2.75, 3.05) is 0 Å². The third-order valence-corrected chi connectivity index (χ3v) is 4.67. The molecule has 1 atom stereocenters. The van der Waals surface area contributed by atoms with Gasteiger partial charge in [0, 0.05) is 15.3 Å². The molecule has 0 saturated heterocycles. The molecule has 17 heavy (non-hydrogen) atoms. The Bertz CT molecular complexity index is 519. The fourth-order valence-corrected chi connectivity index (χ4v) is 3.06. The van der Waals surface area contributed by atoms with Crippen molar-refractivity contribution in [3.05, 3.63) is 57.0 Å². The number of thiophene rings is 1. The molecule has 1 aromatic heterocycles. The number of rotatable bonds is 3. The first-order chi connectivity index (χ1) is 8.13. The second-order valence-corrected chi connectivity index (χ2v) is 5.63. The molecule has 0 bridgehead atoms. The van der Waals surface area contributed by atoms with Crippen LogP contribution in [0.1, 0.15) is 33.2 Å². The van der Waals surface area contributed by atoms with E-state index < -0.39 is 0 Å². The zero-order valence-electron chi connectivity index (χ0n) is 9.84. The largest absolute Gasteiger partial charge is 0.206 e. The average molecular weight is 269 g/mol. The van der Waals surface area contributed by atoms with Crippen molar-refractivity contribution < 1.29 is 4.39 Å². The van der Waals surface area contributed by atoms with Gasteiger partial charge in [-0.25, -0.2) is 4.39 Å². The van der Waals surface area contributed by atoms with Gasteiger partial charge in [0.25, 0.3) is 0 Å². The summed E-state index contributed by atoms with van der Waals surface area (Å²) >= 11 is 8.00. The van der Waals surface area contributed by atoms with Gasteiger partial charge in [0.05, 0.1) is 5.38 Å². The Kier molecular flexibility index (Phi) is 3.85. The molecule has 0 aliphatic heterocycles. The summed E-state index contributed by atoms with van der Waals surface area (Å²) < 4.78 is 13.9. The van der Waals surface area contributed by atoms with Crippen LogP contribution in [0, 0.1) is 12.7 Å². The average Bonchev–Trinajstić information content (AvgIpc) is 2.80. The van der Waals surface area contributed by atoms with Crippen molar-refractivity contribution in [1.29, 1.82) is 0 Å². The maximum absolute atomic E-state index is 13.9. The Labute approximate surface area is 110 Å². The topological polar surface area (TPSA) is 0 Å². The minimum atomic E-state index is -0.389. The van der Waals surface area contributed by atoms with Gasteiger partial charge in [0.1, 0.15) is 5.82 Å². The van der Waals surface area contributed by atoms with Crippen LogP contribution >= 0.6 is 22.9 Å². The first kappa shape index (κ1) is 12.6. The van der Waals surface area contributed by atoms with E-state index in [1.165, 1.54) is 4.88 Å². The van der Waals surface area contributed by atoms with Gasteiger partial charge in [0.15, 0.2) is 0 Å². The molecular formula is C14H14ClFS. The lowest BCUT2D eigenvalue weighted by molar-refractivity contribution is 0.604. The molecule has 1 unspecified atom stereocenters. The maximum Gasteiger partial charge on any atom is 0.131 e. The molecule has 0 nitrogen and oxygen atoms in total. The van der Waals surface area contributed by atoms with Gasteiger partial charge in [-0.1, -0.05) is 25.1 Å². The summed E-state index contributed by atoms with van der Waals surface area (Å²) in [6, 6.07) is 9.41. The van der Waals surface area contributed by atoms with E-state index in [9.17, 15) is 4.39 Å². The lowest BCUT2D eigenvalue weighted by Crippen LogP contribution is -1.96. The lowest BCUT2D eigenvalue weighted by Gasteiger charge is -2.10. The fraction of sp³-hybridized carbons (Fsp3) is 0.286. The number of hydrogen-bond acceptors (Lipinski definition) is 1. The third kappa shape index (κ3) is 2.53. The monoisotopic (exact) mass is 268 g/mol. The molecule has 0 amide bonds. The van der Waals surface area contributed by atoms with Crippen LogP contribution in [-0.4, -0.2) is 0 Å². The summed E-state index contributed by atoms with van der Waals surface area (Å²) in [7, 11) is 0. The Morgan fingerprint density at radius 2 is 2.06 bits per heavy atom. The van der Waals surface area contributed by atoms with Crippen molar-refractivity contribution in [1.82, 2.24) is 0 Å². The molecule has 3 heteroatoms. The van der Waals surface area contributed by atoms with Gasteiger partial charge in [-0.15, -0.1) is 22.9 Å². The molecule has 0 radical (unpaired) electrons. The summed E-state index contributed by atoms with van der Waals surface area (Å²) in [6.07, 6.45) is 0.991. The Morgan fingerprint density at radius 1 is 1.29 bits per heavy atom. The number of halogens is 2. The molecule has 1 aromatic carbocycles. The normalized spacial score (nSPS) is 12.7. The van der Waals surface area contributed by atoms with Gasteiger partial charge in [-0.3, -0.25) is 0 Å². The van der Waals surface area contributed by atoms with Crippen molar-refractivity contribution in [2.45, 2.75) is 25.6 Å². The molecule has 1 heterocycles. The smallest absolute Gasteiger partial charge is 0.131 e. The molecule has 90 valence electrons. The van der Waals surface area contributed by atoms with E-state index in [1.54, 1.807) is 30.4 Å². The van der Waals surface area contributed by atoms with Crippen molar-refractivity contribution >= 4 is 22.9 Å². The Hall–Kier alpha value is -0.860. The van der Waals surface area contributed by atoms with E-state index in [0.29, 0.717) is 11.1 Å². The van der Waals surface area contributed by atoms with E-state index in [-0.39, 0.29) is 11.2 Å². The minimum absolute atomic E-state index is 0.195. The summed E-state index contributed by atoms with van der Waals surface area (Å²) in [5, 5.41) is -0.389. The van der Waals surface area contributed by atoms with Crippen LogP contribution in [0.5, 0.6) is 0 Å². The molecule has 0 aliphatic rings. The fourth-order valence-electron chi connectivity index (χ4n) is 1.74. The van der Waals surface area contributed by atoms with E-state index in [1.807, 2.05) is 12.1 Å². The molecule has 0 aliphatic carbocycles. The SMILES string of the molecule is CCc1ccc(C(Cl)c2cccc(C)c2F)s1. The minimum Gasteiger partial charge on any atom is -0.206 e. The number of aryl methyl sites for hydroxylation is 2. The first-order valence-electron chi connectivity index (χ1n) is 5.61. The molecule has 0 fully saturated rings. The van der Waals surface area contributed by atoms with Crippen molar-refractivity contribution in [2.24, 2.45) is 0 Å². The molecule has 0 spiro atoms. The van der Waals surface area contributed by atoms with Crippen LogP contribution in [0.25, 0.3) is 0 Å². The number of alkyl halides is 1. The quantitative estimate of drug-likeness (QED) is 0.681. The highest BCUT2D eigenvalue weighted by Crippen LogP contribution is 2.35. The second kappa shape index (κ2) is 5.19. The molecular weight excluding hydrogens is 255 g/mol. The summed E-state index contributed by atoms with van der Waals surface area (Å²) in [5.41, 5.74) is 1.21. The van der Waals surface area contributed by atoms with Gasteiger partial charge in [-0.05, 0) is 31.0 Å². The van der Waals surface area contributed by atoms with Gasteiger partial charge in [0.2, 0.25) is 0 Å². The van der Waals surface area contributed by atoms with Gasteiger partial charge in [-0.2, -0.15) is 0 Å². The zero-order chi connectivity index (χ0) is 12.4.